The molecule has 0 aliphatic heterocycles. The van der Waals surface area contributed by atoms with Crippen LogP contribution in [0.2, 0.25) is 5.02 Å². The van der Waals surface area contributed by atoms with Gasteiger partial charge in [-0.15, -0.1) is 11.3 Å². The first kappa shape index (κ1) is 23.3. The molecule has 7 nitrogen and oxygen atoms in total. The third-order valence-electron chi connectivity index (χ3n) is 4.04. The quantitative estimate of drug-likeness (QED) is 0.500. The van der Waals surface area contributed by atoms with Crippen molar-refractivity contribution in [2.24, 2.45) is 0 Å². The number of nitrogens with one attached hydrogen (secondary N) is 2. The van der Waals surface area contributed by atoms with Gasteiger partial charge in [0.05, 0.1) is 12.2 Å². The van der Waals surface area contributed by atoms with Crippen LogP contribution in [-0.2, 0) is 14.3 Å². The lowest BCUT2D eigenvalue weighted by atomic mass is 10.2. The van der Waals surface area contributed by atoms with Gasteiger partial charge in [-0.1, -0.05) is 23.7 Å². The summed E-state index contributed by atoms with van der Waals surface area (Å²) in [5, 5.41) is 5.68. The van der Waals surface area contributed by atoms with Gasteiger partial charge < -0.3 is 15.4 Å². The maximum atomic E-state index is 13.1. The Hall–Kier alpha value is -3.37. The molecule has 0 aliphatic rings. The van der Waals surface area contributed by atoms with Crippen molar-refractivity contribution in [3.8, 4) is 10.6 Å². The molecule has 0 radical (unpaired) electrons. The van der Waals surface area contributed by atoms with Crippen LogP contribution in [0.4, 0.5) is 14.5 Å². The Morgan fingerprint density at radius 2 is 1.88 bits per heavy atom. The Morgan fingerprint density at radius 3 is 2.59 bits per heavy atom. The number of esters is 1. The molecule has 0 spiro atoms. The monoisotopic (exact) mass is 479 g/mol. The van der Waals surface area contributed by atoms with Gasteiger partial charge in [0.2, 0.25) is 5.91 Å². The summed E-state index contributed by atoms with van der Waals surface area (Å²) in [5.41, 5.74) is 1.22. The second-order valence-corrected chi connectivity index (χ2v) is 7.91. The summed E-state index contributed by atoms with van der Waals surface area (Å²) in [7, 11) is 0. The Labute approximate surface area is 190 Å². The summed E-state index contributed by atoms with van der Waals surface area (Å²) in [5.74, 6) is -4.27. The van der Waals surface area contributed by atoms with Crippen LogP contribution in [0.1, 0.15) is 15.4 Å². The first-order valence-electron chi connectivity index (χ1n) is 9.15. The van der Waals surface area contributed by atoms with Crippen LogP contribution < -0.4 is 10.6 Å². The Morgan fingerprint density at radius 1 is 1.09 bits per heavy atom. The lowest BCUT2D eigenvalue weighted by Crippen LogP contribution is -2.35. The highest BCUT2D eigenvalue weighted by atomic mass is 35.5. The number of aryl methyl sites for hydroxylation is 1. The van der Waals surface area contributed by atoms with Crippen LogP contribution in [-0.4, -0.2) is 35.9 Å². The minimum atomic E-state index is -1.12. The highest BCUT2D eigenvalue weighted by Crippen LogP contribution is 2.29. The molecule has 2 amide bonds. The van der Waals surface area contributed by atoms with E-state index in [2.05, 4.69) is 15.6 Å². The lowest BCUT2D eigenvalue weighted by Gasteiger charge is -2.08. The molecule has 32 heavy (non-hydrogen) atoms. The van der Waals surface area contributed by atoms with Crippen molar-refractivity contribution >= 4 is 46.4 Å². The predicted octanol–water partition coefficient (Wildman–Crippen LogP) is 3.96. The van der Waals surface area contributed by atoms with Crippen LogP contribution in [0.25, 0.3) is 10.6 Å². The van der Waals surface area contributed by atoms with Gasteiger partial charge in [-0.25, -0.2) is 18.6 Å². The second kappa shape index (κ2) is 10.3. The first-order chi connectivity index (χ1) is 15.2. The number of carbonyl (C=O) groups excluding carboxylic acids is 3. The molecule has 0 saturated heterocycles. The van der Waals surface area contributed by atoms with Crippen molar-refractivity contribution in [1.29, 1.82) is 0 Å². The smallest absolute Gasteiger partial charge is 0.350 e. The van der Waals surface area contributed by atoms with Gasteiger partial charge in [0.25, 0.3) is 5.91 Å². The number of thiazole rings is 1. The van der Waals surface area contributed by atoms with Gasteiger partial charge >= 0.3 is 5.97 Å². The molecule has 0 saturated carbocycles. The maximum absolute atomic E-state index is 13.1. The van der Waals surface area contributed by atoms with Crippen LogP contribution in [0.5, 0.6) is 0 Å². The molecular weight excluding hydrogens is 464 g/mol. The zero-order chi connectivity index (χ0) is 23.3. The van der Waals surface area contributed by atoms with E-state index in [1.165, 1.54) is 6.07 Å². The molecule has 3 rings (SSSR count). The number of hydrogen-bond acceptors (Lipinski definition) is 6. The number of ether oxygens (including phenoxy) is 1. The van der Waals surface area contributed by atoms with Crippen LogP contribution in [0, 0.1) is 18.6 Å². The molecule has 0 bridgehead atoms. The van der Waals surface area contributed by atoms with Gasteiger partial charge in [0, 0.05) is 22.3 Å². The standard InChI is InChI=1S/C21H16ClF2N3O4S/c1-11-19(32-20(26-11)12-3-2-4-13(22)7-12)21(30)31-10-18(29)25-9-17(28)27-14-5-6-15(23)16(24)8-14/h2-8H,9-10H2,1H3,(H,25,29)(H,27,28). The maximum Gasteiger partial charge on any atom is 0.350 e. The van der Waals surface area contributed by atoms with Gasteiger partial charge in [-0.05, 0) is 31.2 Å². The zero-order valence-electron chi connectivity index (χ0n) is 16.6. The Balaban J connectivity index is 1.49. The second-order valence-electron chi connectivity index (χ2n) is 6.47. The van der Waals surface area contributed by atoms with E-state index in [4.69, 9.17) is 16.3 Å². The molecule has 0 fully saturated rings. The molecule has 2 aromatic carbocycles. The summed E-state index contributed by atoms with van der Waals surface area (Å²) < 4.78 is 31.0. The predicted molar refractivity (Wildman–Crippen MR) is 116 cm³/mol. The summed E-state index contributed by atoms with van der Waals surface area (Å²) in [6.07, 6.45) is 0. The van der Waals surface area contributed by atoms with Gasteiger partial charge in [0.15, 0.2) is 18.2 Å². The number of hydrogen-bond donors (Lipinski definition) is 2. The number of anilines is 1. The third-order valence-corrected chi connectivity index (χ3v) is 5.46. The minimum absolute atomic E-state index is 0.0331. The van der Waals surface area contributed by atoms with Crippen LogP contribution in [0.3, 0.4) is 0 Å². The lowest BCUT2D eigenvalue weighted by molar-refractivity contribution is -0.126. The van der Waals surface area contributed by atoms with E-state index in [1.807, 2.05) is 0 Å². The fourth-order valence-electron chi connectivity index (χ4n) is 2.54. The Bertz CT molecular complexity index is 1190. The molecule has 1 heterocycles. The Kier molecular flexibility index (Phi) is 7.49. The van der Waals surface area contributed by atoms with Crippen molar-refractivity contribution in [3.05, 3.63) is 69.7 Å². The summed E-state index contributed by atoms with van der Waals surface area (Å²) >= 11 is 7.08. The molecule has 1 aromatic heterocycles. The number of amides is 2. The van der Waals surface area contributed by atoms with Crippen LogP contribution >= 0.6 is 22.9 Å². The number of halogens is 3. The molecule has 3 aromatic rings. The summed E-state index contributed by atoms with van der Waals surface area (Å²) in [6.45, 7) is 0.582. The van der Waals surface area contributed by atoms with Crippen LogP contribution in [0.15, 0.2) is 42.5 Å². The van der Waals surface area contributed by atoms with Gasteiger partial charge in [-0.3, -0.25) is 9.59 Å². The van der Waals surface area contributed by atoms with Crippen molar-refractivity contribution in [3.63, 3.8) is 0 Å². The van der Waals surface area contributed by atoms with Crippen molar-refractivity contribution in [1.82, 2.24) is 10.3 Å². The number of aromatic nitrogens is 1. The number of rotatable bonds is 7. The SMILES string of the molecule is Cc1nc(-c2cccc(Cl)c2)sc1C(=O)OCC(=O)NCC(=O)Nc1ccc(F)c(F)c1. The molecule has 166 valence electrons. The highest BCUT2D eigenvalue weighted by molar-refractivity contribution is 7.17. The van der Waals surface area contributed by atoms with Gasteiger partial charge in [0.1, 0.15) is 9.88 Å². The van der Waals surface area contributed by atoms with Crippen molar-refractivity contribution < 1.29 is 27.9 Å². The average Bonchev–Trinajstić information content (AvgIpc) is 3.15. The van der Waals surface area contributed by atoms with Crippen molar-refractivity contribution in [2.45, 2.75) is 6.92 Å². The molecule has 0 aliphatic carbocycles. The average molecular weight is 480 g/mol. The van der Waals surface area contributed by atoms with E-state index in [9.17, 15) is 23.2 Å². The molecule has 2 N–H and O–H groups in total. The van der Waals surface area contributed by atoms with E-state index in [0.29, 0.717) is 15.7 Å². The number of nitrogens with zero attached hydrogens (tertiary/aromatic N) is 1. The van der Waals surface area contributed by atoms with Crippen molar-refractivity contribution in [2.75, 3.05) is 18.5 Å². The fraction of sp³-hybridized carbons (Fsp3) is 0.143. The van der Waals surface area contributed by atoms with Gasteiger partial charge in [-0.2, -0.15) is 0 Å². The zero-order valence-corrected chi connectivity index (χ0v) is 18.2. The molecule has 11 heteroatoms. The number of benzene rings is 2. The fourth-order valence-corrected chi connectivity index (χ4v) is 3.68. The largest absolute Gasteiger partial charge is 0.451 e. The normalized spacial score (nSPS) is 10.5. The summed E-state index contributed by atoms with van der Waals surface area (Å²) in [4.78, 5) is 40.6. The minimum Gasteiger partial charge on any atom is -0.451 e. The van der Waals surface area contributed by atoms with E-state index in [0.717, 1.165) is 29.0 Å². The highest BCUT2D eigenvalue weighted by Gasteiger charge is 2.19. The number of carbonyl (C=O) groups is 3. The van der Waals surface area contributed by atoms with E-state index >= 15 is 0 Å². The van der Waals surface area contributed by atoms with E-state index < -0.39 is 42.6 Å². The molecule has 0 unspecified atom stereocenters. The molecular formula is C21H16ClF2N3O4S. The van der Waals surface area contributed by atoms with E-state index in [-0.39, 0.29) is 10.6 Å². The van der Waals surface area contributed by atoms with E-state index in [1.54, 1.807) is 31.2 Å². The third kappa shape index (κ3) is 6.08. The first-order valence-corrected chi connectivity index (χ1v) is 10.3. The topological polar surface area (TPSA) is 97.4 Å². The molecule has 0 atom stereocenters. The summed E-state index contributed by atoms with van der Waals surface area (Å²) in [6, 6.07) is 9.85.